The van der Waals surface area contributed by atoms with Gasteiger partial charge >= 0.3 is 0 Å². The lowest BCUT2D eigenvalue weighted by Gasteiger charge is -2.46. The van der Waals surface area contributed by atoms with Gasteiger partial charge in [-0.3, -0.25) is 9.80 Å². The van der Waals surface area contributed by atoms with Crippen molar-refractivity contribution in [2.45, 2.75) is 32.6 Å². The Kier molecular flexibility index (Phi) is 3.77. The van der Waals surface area contributed by atoms with E-state index in [1.807, 2.05) is 42.4 Å². The molecule has 1 aliphatic heterocycles. The summed E-state index contributed by atoms with van der Waals surface area (Å²) in [5, 5.41) is 3.96. The summed E-state index contributed by atoms with van der Waals surface area (Å²) in [6.45, 7) is 2.91. The average molecular weight is 270 g/mol. The Morgan fingerprint density at radius 1 is 1.15 bits per heavy atom. The molecule has 2 fully saturated rings. The molecule has 0 spiro atoms. The Morgan fingerprint density at radius 3 is 2.65 bits per heavy atom. The van der Waals surface area contributed by atoms with Crippen molar-refractivity contribution in [2.24, 2.45) is 11.8 Å². The molecule has 2 aliphatic rings. The zero-order chi connectivity index (χ0) is 13.9. The molecule has 2 atom stereocenters. The molecule has 1 aromatic rings. The zero-order valence-corrected chi connectivity index (χ0v) is 12.0. The summed E-state index contributed by atoms with van der Waals surface area (Å²) in [6.07, 6.45) is 8.55. The third kappa shape index (κ3) is 2.33. The maximum absolute atomic E-state index is 12.8. The van der Waals surface area contributed by atoms with Gasteiger partial charge in [-0.15, -0.1) is 0 Å². The van der Waals surface area contributed by atoms with Crippen LogP contribution in [0, 0.1) is 11.8 Å². The lowest BCUT2D eigenvalue weighted by atomic mass is 9.77. The predicted molar refractivity (Wildman–Crippen MR) is 80.9 cm³/mol. The average Bonchev–Trinajstić information content (AvgIpc) is 2.51. The van der Waals surface area contributed by atoms with Crippen LogP contribution in [-0.2, 0) is 4.79 Å². The van der Waals surface area contributed by atoms with Crippen molar-refractivity contribution in [3.63, 3.8) is 0 Å². The molecule has 0 bridgehead atoms. The first-order valence-corrected chi connectivity index (χ1v) is 7.59. The van der Waals surface area contributed by atoms with Crippen LogP contribution in [0.5, 0.6) is 0 Å². The van der Waals surface area contributed by atoms with Gasteiger partial charge in [0.2, 0.25) is 5.91 Å². The van der Waals surface area contributed by atoms with Crippen molar-refractivity contribution >= 4 is 11.6 Å². The third-order valence-corrected chi connectivity index (χ3v) is 4.46. The minimum Gasteiger partial charge on any atom is -0.279 e. The lowest BCUT2D eigenvalue weighted by Crippen LogP contribution is -2.56. The largest absolute Gasteiger partial charge is 0.279 e. The van der Waals surface area contributed by atoms with Crippen LogP contribution in [0.3, 0.4) is 0 Å². The molecule has 1 amide bonds. The minimum absolute atomic E-state index is 0.222. The smallest absolute Gasteiger partial charge is 0.248 e. The first-order chi connectivity index (χ1) is 9.81. The highest BCUT2D eigenvalue weighted by atomic mass is 16.2. The maximum atomic E-state index is 12.8. The van der Waals surface area contributed by atoms with Crippen LogP contribution in [0.25, 0.3) is 0 Å². The van der Waals surface area contributed by atoms with Gasteiger partial charge in [-0.25, -0.2) is 5.01 Å². The van der Waals surface area contributed by atoms with E-state index in [1.165, 1.54) is 19.3 Å². The SMILES string of the molecule is CC=CN1C(=O)[C@@H]2CCCC[C@H]2CN1c1ccccc1. The molecule has 20 heavy (non-hydrogen) atoms. The fourth-order valence-corrected chi connectivity index (χ4v) is 3.48. The van der Waals surface area contributed by atoms with Crippen LogP contribution in [0.4, 0.5) is 5.69 Å². The van der Waals surface area contributed by atoms with Gasteiger partial charge in [-0.05, 0) is 37.8 Å². The van der Waals surface area contributed by atoms with Crippen LogP contribution < -0.4 is 5.01 Å². The number of hydrogen-bond donors (Lipinski definition) is 0. The normalized spacial score (nSPS) is 26.9. The molecule has 0 aromatic heterocycles. The molecule has 1 aliphatic carbocycles. The van der Waals surface area contributed by atoms with Gasteiger partial charge in [0.25, 0.3) is 0 Å². The summed E-state index contributed by atoms with van der Waals surface area (Å²) in [5.74, 6) is 1.00. The van der Waals surface area contributed by atoms with E-state index in [0.717, 1.165) is 18.7 Å². The van der Waals surface area contributed by atoms with Crippen LogP contribution in [0.1, 0.15) is 32.6 Å². The van der Waals surface area contributed by atoms with E-state index in [0.29, 0.717) is 5.92 Å². The summed E-state index contributed by atoms with van der Waals surface area (Å²) in [4.78, 5) is 12.8. The molecule has 1 saturated heterocycles. The van der Waals surface area contributed by atoms with Gasteiger partial charge in [0, 0.05) is 18.7 Å². The Balaban J connectivity index is 1.92. The molecule has 3 nitrogen and oxygen atoms in total. The molecule has 1 saturated carbocycles. The van der Waals surface area contributed by atoms with E-state index in [2.05, 4.69) is 17.1 Å². The molecule has 0 N–H and O–H groups in total. The van der Waals surface area contributed by atoms with Crippen molar-refractivity contribution in [2.75, 3.05) is 11.6 Å². The van der Waals surface area contributed by atoms with E-state index < -0.39 is 0 Å². The van der Waals surface area contributed by atoms with Crippen LogP contribution in [-0.4, -0.2) is 17.5 Å². The monoisotopic (exact) mass is 270 g/mol. The number of benzene rings is 1. The Labute approximate surface area is 120 Å². The van der Waals surface area contributed by atoms with Crippen molar-refractivity contribution in [1.29, 1.82) is 0 Å². The Morgan fingerprint density at radius 2 is 1.90 bits per heavy atom. The molecular weight excluding hydrogens is 248 g/mol. The molecule has 3 rings (SSSR count). The van der Waals surface area contributed by atoms with E-state index in [4.69, 9.17) is 0 Å². The highest BCUT2D eigenvalue weighted by Gasteiger charge is 2.41. The first-order valence-electron chi connectivity index (χ1n) is 7.59. The molecule has 0 radical (unpaired) electrons. The summed E-state index contributed by atoms with van der Waals surface area (Å²) >= 11 is 0. The number of para-hydroxylation sites is 1. The molecule has 3 heteroatoms. The van der Waals surface area contributed by atoms with Gasteiger partial charge in [0.05, 0.1) is 5.69 Å². The Bertz CT molecular complexity index is 497. The highest BCUT2D eigenvalue weighted by Crippen LogP contribution is 2.37. The topological polar surface area (TPSA) is 23.6 Å². The Hall–Kier alpha value is -1.77. The number of carbonyl (C=O) groups excluding carboxylic acids is 1. The van der Waals surface area contributed by atoms with Crippen LogP contribution in [0.15, 0.2) is 42.6 Å². The van der Waals surface area contributed by atoms with Crippen molar-refractivity contribution in [3.05, 3.63) is 42.6 Å². The molecule has 106 valence electrons. The summed E-state index contributed by atoms with van der Waals surface area (Å²) in [6, 6.07) is 10.2. The number of allylic oxidation sites excluding steroid dienone is 1. The maximum Gasteiger partial charge on any atom is 0.248 e. The highest BCUT2D eigenvalue weighted by molar-refractivity contribution is 5.83. The third-order valence-electron chi connectivity index (χ3n) is 4.46. The number of amides is 1. The van der Waals surface area contributed by atoms with Crippen molar-refractivity contribution in [3.8, 4) is 0 Å². The fourth-order valence-electron chi connectivity index (χ4n) is 3.48. The number of rotatable bonds is 2. The van der Waals surface area contributed by atoms with Gasteiger partial charge in [0.15, 0.2) is 0 Å². The second-order valence-corrected chi connectivity index (χ2v) is 5.73. The van der Waals surface area contributed by atoms with E-state index >= 15 is 0 Å². The first kappa shape index (κ1) is 13.2. The second kappa shape index (κ2) is 5.70. The number of anilines is 1. The van der Waals surface area contributed by atoms with Crippen LogP contribution >= 0.6 is 0 Å². The number of carbonyl (C=O) groups is 1. The summed E-state index contributed by atoms with van der Waals surface area (Å²) < 4.78 is 0. The quantitative estimate of drug-likeness (QED) is 0.820. The standard InChI is InChI=1S/C17H22N2O/c1-2-12-18-17(20)16-11-7-6-8-14(16)13-19(18)15-9-4-3-5-10-15/h2-5,9-10,12,14,16H,6-8,11,13H2,1H3/t14-,16+/m0/s1. The van der Waals surface area contributed by atoms with Crippen molar-refractivity contribution < 1.29 is 4.79 Å². The van der Waals surface area contributed by atoms with Gasteiger partial charge in [0.1, 0.15) is 0 Å². The van der Waals surface area contributed by atoms with E-state index in [1.54, 1.807) is 0 Å². The van der Waals surface area contributed by atoms with Crippen LogP contribution in [0.2, 0.25) is 0 Å². The van der Waals surface area contributed by atoms with E-state index in [9.17, 15) is 4.79 Å². The van der Waals surface area contributed by atoms with E-state index in [-0.39, 0.29) is 11.8 Å². The fraction of sp³-hybridized carbons (Fsp3) is 0.471. The zero-order valence-electron chi connectivity index (χ0n) is 12.0. The molecule has 1 aromatic carbocycles. The minimum atomic E-state index is 0.222. The molecule has 0 unspecified atom stereocenters. The number of fused-ring (bicyclic) bond motifs is 1. The number of hydrazine groups is 1. The number of nitrogens with zero attached hydrogens (tertiary/aromatic N) is 2. The van der Waals surface area contributed by atoms with Gasteiger partial charge in [-0.1, -0.05) is 37.1 Å². The lowest BCUT2D eigenvalue weighted by molar-refractivity contribution is -0.139. The van der Waals surface area contributed by atoms with Crippen molar-refractivity contribution in [1.82, 2.24) is 5.01 Å². The molecular formula is C17H22N2O. The van der Waals surface area contributed by atoms with Gasteiger partial charge < -0.3 is 0 Å². The molecule has 1 heterocycles. The number of hydrogen-bond acceptors (Lipinski definition) is 2. The van der Waals surface area contributed by atoms with Gasteiger partial charge in [-0.2, -0.15) is 0 Å². The summed E-state index contributed by atoms with van der Waals surface area (Å²) in [5.41, 5.74) is 1.10. The predicted octanol–water partition coefficient (Wildman–Crippen LogP) is 3.59. The second-order valence-electron chi connectivity index (χ2n) is 5.73. The summed E-state index contributed by atoms with van der Waals surface area (Å²) in [7, 11) is 0.